The third kappa shape index (κ3) is 3.17. The van der Waals surface area contributed by atoms with Gasteiger partial charge in [-0.2, -0.15) is 5.26 Å². The molecule has 0 fully saturated rings. The first-order valence-corrected chi connectivity index (χ1v) is 10.9. The van der Waals surface area contributed by atoms with Crippen molar-refractivity contribution >= 4 is 21.8 Å². The van der Waals surface area contributed by atoms with Gasteiger partial charge >= 0.3 is 0 Å². The lowest BCUT2D eigenvalue weighted by Gasteiger charge is -2.11. The lowest BCUT2D eigenvalue weighted by atomic mass is 9.98. The number of nitrogens with zero attached hydrogens (tertiary/aromatic N) is 3. The van der Waals surface area contributed by atoms with Crippen LogP contribution in [-0.2, 0) is 0 Å². The Hall–Kier alpha value is -4.68. The lowest BCUT2D eigenvalue weighted by Crippen LogP contribution is -1.94. The number of para-hydroxylation sites is 2. The molecule has 33 heavy (non-hydrogen) atoms. The molecule has 0 N–H and O–H groups in total. The minimum absolute atomic E-state index is 0.631. The van der Waals surface area contributed by atoms with Gasteiger partial charge in [-0.3, -0.25) is 4.98 Å². The molecule has 154 valence electrons. The minimum atomic E-state index is 0.631. The van der Waals surface area contributed by atoms with Gasteiger partial charge in [0.2, 0.25) is 0 Å². The van der Waals surface area contributed by atoms with Crippen molar-refractivity contribution in [2.75, 3.05) is 0 Å². The summed E-state index contributed by atoms with van der Waals surface area (Å²) >= 11 is 0. The van der Waals surface area contributed by atoms with E-state index in [0.717, 1.165) is 27.9 Å². The van der Waals surface area contributed by atoms with Crippen LogP contribution in [0, 0.1) is 11.3 Å². The molecule has 0 atom stereocenters. The molecule has 0 aliphatic carbocycles. The zero-order valence-corrected chi connectivity index (χ0v) is 17.8. The van der Waals surface area contributed by atoms with Gasteiger partial charge in [0.15, 0.2) is 0 Å². The molecule has 0 amide bonds. The summed E-state index contributed by atoms with van der Waals surface area (Å²) in [4.78, 5) is 4.19. The molecule has 0 saturated carbocycles. The van der Waals surface area contributed by atoms with E-state index in [9.17, 15) is 5.26 Å². The summed E-state index contributed by atoms with van der Waals surface area (Å²) in [7, 11) is 0. The summed E-state index contributed by atoms with van der Waals surface area (Å²) in [5.74, 6) is 0. The molecule has 0 aliphatic heterocycles. The zero-order valence-electron chi connectivity index (χ0n) is 17.8. The smallest absolute Gasteiger partial charge is 0.0999 e. The van der Waals surface area contributed by atoms with Crippen molar-refractivity contribution in [2.24, 2.45) is 0 Å². The van der Waals surface area contributed by atoms with Crippen LogP contribution < -0.4 is 0 Å². The maximum absolute atomic E-state index is 9.40. The second-order valence-electron chi connectivity index (χ2n) is 8.03. The van der Waals surface area contributed by atoms with Crippen molar-refractivity contribution in [3.05, 3.63) is 121 Å². The van der Waals surface area contributed by atoms with Gasteiger partial charge in [-0.1, -0.05) is 72.8 Å². The summed E-state index contributed by atoms with van der Waals surface area (Å²) in [5.41, 5.74) is 8.28. The SMILES string of the molecule is N#Cc1ccncc1-c1ccc(-c2cccc(-n3c4ccccc4c4ccccc43)c2)cc1. The first-order chi connectivity index (χ1) is 16.3. The average Bonchev–Trinajstić information content (AvgIpc) is 3.23. The van der Waals surface area contributed by atoms with Gasteiger partial charge in [0.25, 0.3) is 0 Å². The van der Waals surface area contributed by atoms with Gasteiger partial charge in [-0.15, -0.1) is 0 Å². The Morgan fingerprint density at radius 1 is 0.636 bits per heavy atom. The van der Waals surface area contributed by atoms with Gasteiger partial charge in [0.1, 0.15) is 0 Å². The molecule has 0 unspecified atom stereocenters. The topological polar surface area (TPSA) is 41.6 Å². The van der Waals surface area contributed by atoms with Crippen LogP contribution in [-0.4, -0.2) is 9.55 Å². The predicted octanol–water partition coefficient (Wildman–Crippen LogP) is 7.38. The van der Waals surface area contributed by atoms with Crippen LogP contribution in [0.3, 0.4) is 0 Å². The van der Waals surface area contributed by atoms with E-state index >= 15 is 0 Å². The van der Waals surface area contributed by atoms with Crippen LogP contribution in [0.4, 0.5) is 0 Å². The monoisotopic (exact) mass is 421 g/mol. The Labute approximate surface area is 191 Å². The van der Waals surface area contributed by atoms with E-state index in [1.807, 2.05) is 0 Å². The van der Waals surface area contributed by atoms with Gasteiger partial charge in [0, 0.05) is 34.4 Å². The maximum Gasteiger partial charge on any atom is 0.0999 e. The Morgan fingerprint density at radius 2 is 1.30 bits per heavy atom. The Morgan fingerprint density at radius 3 is 2.00 bits per heavy atom. The van der Waals surface area contributed by atoms with E-state index in [0.29, 0.717) is 5.56 Å². The quantitative estimate of drug-likeness (QED) is 0.299. The number of pyridine rings is 1. The van der Waals surface area contributed by atoms with Crippen LogP contribution >= 0.6 is 0 Å². The third-order valence-electron chi connectivity index (χ3n) is 6.16. The molecule has 3 nitrogen and oxygen atoms in total. The van der Waals surface area contributed by atoms with Crippen LogP contribution in [0.2, 0.25) is 0 Å². The standard InChI is InChI=1S/C30H19N3/c31-19-24-16-17-32-20-28(24)22-14-12-21(13-15-22)23-6-5-7-25(18-23)33-29-10-3-1-8-26(29)27-9-2-4-11-30(27)33/h1-18,20H. The van der Waals surface area contributed by atoms with Gasteiger partial charge in [-0.05, 0) is 47.0 Å². The van der Waals surface area contributed by atoms with Crippen LogP contribution in [0.25, 0.3) is 49.7 Å². The first kappa shape index (κ1) is 19.0. The number of aromatic nitrogens is 2. The highest BCUT2D eigenvalue weighted by Crippen LogP contribution is 2.33. The van der Waals surface area contributed by atoms with Crippen LogP contribution in [0.15, 0.2) is 116 Å². The summed E-state index contributed by atoms with van der Waals surface area (Å²) < 4.78 is 2.33. The largest absolute Gasteiger partial charge is 0.309 e. The number of hydrogen-bond donors (Lipinski definition) is 0. The predicted molar refractivity (Wildman–Crippen MR) is 134 cm³/mol. The number of rotatable bonds is 3. The molecule has 0 bridgehead atoms. The fraction of sp³-hybridized carbons (Fsp3) is 0. The second-order valence-corrected chi connectivity index (χ2v) is 8.03. The van der Waals surface area contributed by atoms with Crippen molar-refractivity contribution in [3.8, 4) is 34.0 Å². The molecule has 6 aromatic rings. The van der Waals surface area contributed by atoms with Gasteiger partial charge < -0.3 is 4.57 Å². The number of benzene rings is 4. The summed E-state index contributed by atoms with van der Waals surface area (Å²) in [6.07, 6.45) is 3.40. The number of hydrogen-bond acceptors (Lipinski definition) is 2. The molecular formula is C30H19N3. The highest BCUT2D eigenvalue weighted by Gasteiger charge is 2.12. The summed E-state index contributed by atoms with van der Waals surface area (Å²) in [6, 6.07) is 38.1. The van der Waals surface area contributed by atoms with Gasteiger partial charge in [-0.25, -0.2) is 0 Å². The zero-order chi connectivity index (χ0) is 22.2. The normalized spacial score (nSPS) is 11.0. The van der Waals surface area contributed by atoms with Crippen molar-refractivity contribution in [1.29, 1.82) is 5.26 Å². The highest BCUT2D eigenvalue weighted by molar-refractivity contribution is 6.09. The number of fused-ring (bicyclic) bond motifs is 3. The van der Waals surface area contributed by atoms with Crippen LogP contribution in [0.5, 0.6) is 0 Å². The van der Waals surface area contributed by atoms with Gasteiger partial charge in [0.05, 0.1) is 22.7 Å². The molecule has 0 spiro atoms. The fourth-order valence-electron chi connectivity index (χ4n) is 4.59. The molecule has 2 heterocycles. The molecule has 3 heteroatoms. The van der Waals surface area contributed by atoms with E-state index in [2.05, 4.69) is 113 Å². The molecule has 2 aromatic heterocycles. The lowest BCUT2D eigenvalue weighted by molar-refractivity contribution is 1.18. The van der Waals surface area contributed by atoms with Crippen molar-refractivity contribution in [1.82, 2.24) is 9.55 Å². The van der Waals surface area contributed by atoms with Crippen LogP contribution in [0.1, 0.15) is 5.56 Å². The summed E-state index contributed by atoms with van der Waals surface area (Å²) in [6.45, 7) is 0. The molecule has 6 rings (SSSR count). The number of nitriles is 1. The molecule has 0 saturated heterocycles. The van der Waals surface area contributed by atoms with E-state index in [4.69, 9.17) is 0 Å². The maximum atomic E-state index is 9.40. The van der Waals surface area contributed by atoms with E-state index in [1.165, 1.54) is 21.8 Å². The Balaban J connectivity index is 1.46. The van der Waals surface area contributed by atoms with Crippen molar-refractivity contribution < 1.29 is 0 Å². The third-order valence-corrected chi connectivity index (χ3v) is 6.16. The van der Waals surface area contributed by atoms with E-state index in [-0.39, 0.29) is 0 Å². The molecular weight excluding hydrogens is 402 g/mol. The average molecular weight is 422 g/mol. The Bertz CT molecular complexity index is 1610. The summed E-state index contributed by atoms with van der Waals surface area (Å²) in [5, 5.41) is 11.9. The molecule has 4 aromatic carbocycles. The van der Waals surface area contributed by atoms with E-state index < -0.39 is 0 Å². The van der Waals surface area contributed by atoms with Crippen molar-refractivity contribution in [3.63, 3.8) is 0 Å². The van der Waals surface area contributed by atoms with E-state index in [1.54, 1.807) is 18.5 Å². The minimum Gasteiger partial charge on any atom is -0.309 e. The molecule has 0 aliphatic rings. The second kappa shape index (κ2) is 7.78. The first-order valence-electron chi connectivity index (χ1n) is 10.9. The Kier molecular flexibility index (Phi) is 4.49. The highest BCUT2D eigenvalue weighted by atomic mass is 15.0. The fourth-order valence-corrected chi connectivity index (χ4v) is 4.59. The molecule has 0 radical (unpaired) electrons. The van der Waals surface area contributed by atoms with Crippen molar-refractivity contribution in [2.45, 2.75) is 0 Å².